The van der Waals surface area contributed by atoms with Crippen LogP contribution in [-0.4, -0.2) is 10.1 Å². The van der Waals surface area contributed by atoms with Crippen LogP contribution in [0.4, 0.5) is 5.69 Å². The van der Waals surface area contributed by atoms with Crippen LogP contribution in [0.15, 0.2) is 36.5 Å². The molecule has 4 heteroatoms. The van der Waals surface area contributed by atoms with Crippen molar-refractivity contribution in [3.05, 3.63) is 52.8 Å². The number of phenolic OH excluding ortho intramolecular Hbond substituents is 1. The number of halogens is 1. The van der Waals surface area contributed by atoms with Gasteiger partial charge in [0.2, 0.25) is 0 Å². The maximum absolute atomic E-state index is 9.93. The number of nitrogens with zero attached hydrogens (tertiary/aromatic N) is 1. The van der Waals surface area contributed by atoms with Gasteiger partial charge < -0.3 is 10.4 Å². The van der Waals surface area contributed by atoms with E-state index in [0.29, 0.717) is 10.9 Å². The number of pyridine rings is 1. The lowest BCUT2D eigenvalue weighted by Crippen LogP contribution is -2.10. The zero-order valence-corrected chi connectivity index (χ0v) is 11.8. The van der Waals surface area contributed by atoms with Gasteiger partial charge in [-0.25, -0.2) is 4.98 Å². The van der Waals surface area contributed by atoms with Gasteiger partial charge in [-0.15, -0.1) is 0 Å². The van der Waals surface area contributed by atoms with E-state index in [1.165, 1.54) is 0 Å². The van der Waals surface area contributed by atoms with Gasteiger partial charge in [0.05, 0.1) is 11.7 Å². The lowest BCUT2D eigenvalue weighted by atomic mass is 10.0. The Morgan fingerprint density at radius 3 is 2.79 bits per heavy atom. The summed E-state index contributed by atoms with van der Waals surface area (Å²) in [6, 6.07) is 9.28. The number of hydrogen-bond donors (Lipinski definition) is 2. The Morgan fingerprint density at radius 2 is 2.11 bits per heavy atom. The molecule has 0 saturated heterocycles. The maximum Gasteiger partial charge on any atom is 0.152 e. The van der Waals surface area contributed by atoms with Gasteiger partial charge in [0.15, 0.2) is 5.15 Å². The molecule has 2 N–H and O–H groups in total. The van der Waals surface area contributed by atoms with Crippen molar-refractivity contribution in [2.45, 2.75) is 26.3 Å². The molecule has 0 bridgehead atoms. The van der Waals surface area contributed by atoms with Crippen molar-refractivity contribution in [1.82, 2.24) is 4.98 Å². The van der Waals surface area contributed by atoms with Crippen molar-refractivity contribution in [3.63, 3.8) is 0 Å². The summed E-state index contributed by atoms with van der Waals surface area (Å²) in [5.41, 5.74) is 2.69. The molecule has 3 nitrogen and oxygen atoms in total. The first-order valence-electron chi connectivity index (χ1n) is 6.28. The van der Waals surface area contributed by atoms with Crippen LogP contribution in [0.5, 0.6) is 5.75 Å². The van der Waals surface area contributed by atoms with Gasteiger partial charge in [0.25, 0.3) is 0 Å². The second kappa shape index (κ2) is 5.93. The number of aromatic hydroxyl groups is 1. The normalized spacial score (nSPS) is 12.2. The van der Waals surface area contributed by atoms with Crippen molar-refractivity contribution in [3.8, 4) is 5.75 Å². The van der Waals surface area contributed by atoms with Crippen molar-refractivity contribution >= 4 is 17.3 Å². The highest BCUT2D eigenvalue weighted by Crippen LogP contribution is 2.31. The van der Waals surface area contributed by atoms with E-state index in [9.17, 15) is 5.11 Å². The third-order valence-electron chi connectivity index (χ3n) is 3.03. The molecule has 0 aliphatic heterocycles. The van der Waals surface area contributed by atoms with E-state index in [-0.39, 0.29) is 6.04 Å². The molecule has 1 atom stereocenters. The first-order chi connectivity index (χ1) is 9.11. The fraction of sp³-hybridized carbons (Fsp3) is 0.267. The molecule has 1 heterocycles. The first-order valence-corrected chi connectivity index (χ1v) is 6.66. The third kappa shape index (κ3) is 3.18. The number of para-hydroxylation sites is 1. The van der Waals surface area contributed by atoms with Crippen LogP contribution < -0.4 is 5.32 Å². The van der Waals surface area contributed by atoms with E-state index in [0.717, 1.165) is 23.2 Å². The molecule has 0 aliphatic rings. The minimum atomic E-state index is 0.00213. The van der Waals surface area contributed by atoms with E-state index in [1.807, 2.05) is 31.2 Å². The molecule has 0 spiro atoms. The average Bonchev–Trinajstić information content (AvgIpc) is 2.41. The Balaban J connectivity index is 2.29. The highest BCUT2D eigenvalue weighted by molar-refractivity contribution is 6.32. The summed E-state index contributed by atoms with van der Waals surface area (Å²) in [7, 11) is 0. The maximum atomic E-state index is 9.93. The zero-order chi connectivity index (χ0) is 13.8. The lowest BCUT2D eigenvalue weighted by Gasteiger charge is -2.20. The standard InChI is InChI=1S/C15H17ClN2O/c1-3-12(11-6-4-5-7-14(11)19)18-13-8-10(2)9-17-15(13)16/h4-9,12,18-19H,3H2,1-2H3. The number of anilines is 1. The fourth-order valence-electron chi connectivity index (χ4n) is 2.02. The van der Waals surface area contributed by atoms with Crippen LogP contribution in [0.1, 0.15) is 30.5 Å². The minimum Gasteiger partial charge on any atom is -0.508 e. The summed E-state index contributed by atoms with van der Waals surface area (Å²) in [6.45, 7) is 4.02. The van der Waals surface area contributed by atoms with Gasteiger partial charge in [-0.2, -0.15) is 0 Å². The number of aromatic nitrogens is 1. The smallest absolute Gasteiger partial charge is 0.152 e. The SMILES string of the molecule is CCC(Nc1cc(C)cnc1Cl)c1ccccc1O. The molecular weight excluding hydrogens is 260 g/mol. The van der Waals surface area contributed by atoms with Gasteiger partial charge in [0, 0.05) is 11.8 Å². The average molecular weight is 277 g/mol. The van der Waals surface area contributed by atoms with E-state index >= 15 is 0 Å². The predicted molar refractivity (Wildman–Crippen MR) is 78.7 cm³/mol. The van der Waals surface area contributed by atoms with Gasteiger partial charge in [-0.3, -0.25) is 0 Å². The van der Waals surface area contributed by atoms with E-state index in [1.54, 1.807) is 12.3 Å². The second-order valence-corrected chi connectivity index (χ2v) is 4.87. The van der Waals surface area contributed by atoms with E-state index < -0.39 is 0 Å². The molecule has 1 aromatic carbocycles. The molecular formula is C15H17ClN2O. The van der Waals surface area contributed by atoms with Crippen LogP contribution in [0.3, 0.4) is 0 Å². The zero-order valence-electron chi connectivity index (χ0n) is 11.0. The highest BCUT2D eigenvalue weighted by Gasteiger charge is 2.14. The topological polar surface area (TPSA) is 45.2 Å². The molecule has 2 rings (SSSR count). The number of hydrogen-bond acceptors (Lipinski definition) is 3. The number of benzene rings is 1. The van der Waals surface area contributed by atoms with Crippen molar-refractivity contribution in [2.24, 2.45) is 0 Å². The predicted octanol–water partition coefficient (Wildman–Crippen LogP) is 4.31. The van der Waals surface area contributed by atoms with Crippen molar-refractivity contribution in [2.75, 3.05) is 5.32 Å². The van der Waals surface area contributed by atoms with Crippen LogP contribution in [0.25, 0.3) is 0 Å². The molecule has 2 aromatic rings. The summed E-state index contributed by atoms with van der Waals surface area (Å²) in [5, 5.41) is 13.7. The minimum absolute atomic E-state index is 0.00213. The number of phenols is 1. The van der Waals surface area contributed by atoms with Gasteiger partial charge in [-0.05, 0) is 31.0 Å². The summed E-state index contributed by atoms with van der Waals surface area (Å²) >= 11 is 6.09. The van der Waals surface area contributed by atoms with Gasteiger partial charge in [-0.1, -0.05) is 36.7 Å². The largest absolute Gasteiger partial charge is 0.508 e. The Morgan fingerprint density at radius 1 is 1.37 bits per heavy atom. The van der Waals surface area contributed by atoms with Crippen molar-refractivity contribution < 1.29 is 5.11 Å². The summed E-state index contributed by atoms with van der Waals surface area (Å²) < 4.78 is 0. The Bertz CT molecular complexity index is 572. The number of rotatable bonds is 4. The second-order valence-electron chi connectivity index (χ2n) is 4.52. The van der Waals surface area contributed by atoms with Gasteiger partial charge in [0.1, 0.15) is 5.75 Å². The van der Waals surface area contributed by atoms with Crippen LogP contribution >= 0.6 is 11.6 Å². The monoisotopic (exact) mass is 276 g/mol. The fourth-order valence-corrected chi connectivity index (χ4v) is 2.18. The summed E-state index contributed by atoms with van der Waals surface area (Å²) in [6.07, 6.45) is 2.57. The summed E-state index contributed by atoms with van der Waals surface area (Å²) in [4.78, 5) is 4.12. The first kappa shape index (κ1) is 13.7. The number of nitrogens with one attached hydrogen (secondary N) is 1. The molecule has 0 fully saturated rings. The Hall–Kier alpha value is -1.74. The van der Waals surface area contributed by atoms with E-state index in [4.69, 9.17) is 11.6 Å². The van der Waals surface area contributed by atoms with Crippen LogP contribution in [-0.2, 0) is 0 Å². The molecule has 19 heavy (non-hydrogen) atoms. The molecule has 0 amide bonds. The quantitative estimate of drug-likeness (QED) is 0.818. The molecule has 100 valence electrons. The van der Waals surface area contributed by atoms with Crippen LogP contribution in [0.2, 0.25) is 5.15 Å². The number of aryl methyl sites for hydroxylation is 1. The van der Waals surface area contributed by atoms with Crippen molar-refractivity contribution in [1.29, 1.82) is 0 Å². The van der Waals surface area contributed by atoms with Crippen LogP contribution in [0, 0.1) is 6.92 Å². The third-order valence-corrected chi connectivity index (χ3v) is 3.33. The molecule has 1 unspecified atom stereocenters. The Kier molecular flexibility index (Phi) is 4.27. The molecule has 0 aliphatic carbocycles. The van der Waals surface area contributed by atoms with E-state index in [2.05, 4.69) is 17.2 Å². The lowest BCUT2D eigenvalue weighted by molar-refractivity contribution is 0.463. The highest BCUT2D eigenvalue weighted by atomic mass is 35.5. The molecule has 0 saturated carbocycles. The summed E-state index contributed by atoms with van der Waals surface area (Å²) in [5.74, 6) is 0.290. The van der Waals surface area contributed by atoms with Gasteiger partial charge >= 0.3 is 0 Å². The Labute approximate surface area is 118 Å². The molecule has 1 aromatic heterocycles. The molecule has 0 radical (unpaired) electrons.